The maximum absolute atomic E-state index is 6.20. The number of aromatic nitrogens is 5. The number of hydrogen-bond acceptors (Lipinski definition) is 6. The monoisotopic (exact) mass is 429 g/mol. The number of benzene rings is 1. The fraction of sp³-hybridized carbons (Fsp3) is 0.300. The second-order valence-corrected chi connectivity index (χ2v) is 7.32. The number of fused-ring (bicyclic) bond motifs is 2. The Labute approximate surface area is 178 Å². The Morgan fingerprint density at radius 1 is 1.07 bits per heavy atom. The molecule has 4 rings (SSSR count). The van der Waals surface area contributed by atoms with Gasteiger partial charge in [-0.2, -0.15) is 9.97 Å². The molecular weight excluding hydrogens is 409 g/mol. The zero-order chi connectivity index (χ0) is 20.4. The molecular formula is C20H21Cl2N7. The third-order valence-corrected chi connectivity index (χ3v) is 5.26. The van der Waals surface area contributed by atoms with Crippen LogP contribution in [0.4, 0.5) is 11.5 Å². The quantitative estimate of drug-likeness (QED) is 0.431. The predicted molar refractivity (Wildman–Crippen MR) is 119 cm³/mol. The van der Waals surface area contributed by atoms with Crippen LogP contribution in [0, 0.1) is 0 Å². The summed E-state index contributed by atoms with van der Waals surface area (Å²) in [6, 6.07) is 7.66. The summed E-state index contributed by atoms with van der Waals surface area (Å²) < 4.78 is 1.99. The van der Waals surface area contributed by atoms with Crippen molar-refractivity contribution in [2.45, 2.75) is 20.4 Å². The summed E-state index contributed by atoms with van der Waals surface area (Å²) in [5, 5.41) is 5.40. The summed E-state index contributed by atoms with van der Waals surface area (Å²) >= 11 is 12.3. The lowest BCUT2D eigenvalue weighted by atomic mass is 10.2. The van der Waals surface area contributed by atoms with E-state index in [1.54, 1.807) is 12.5 Å². The second-order valence-electron chi connectivity index (χ2n) is 6.55. The highest BCUT2D eigenvalue weighted by Crippen LogP contribution is 2.26. The van der Waals surface area contributed by atoms with Gasteiger partial charge in [0.15, 0.2) is 17.0 Å². The van der Waals surface area contributed by atoms with Crippen molar-refractivity contribution in [3.63, 3.8) is 0 Å². The normalized spacial score (nSPS) is 11.3. The van der Waals surface area contributed by atoms with E-state index in [4.69, 9.17) is 23.2 Å². The van der Waals surface area contributed by atoms with Crippen LogP contribution in [0.1, 0.15) is 13.8 Å². The maximum atomic E-state index is 6.20. The van der Waals surface area contributed by atoms with Gasteiger partial charge < -0.3 is 14.8 Å². The Balaban J connectivity index is 1.57. The minimum atomic E-state index is 0.228. The van der Waals surface area contributed by atoms with Gasteiger partial charge in [-0.1, -0.05) is 11.6 Å². The summed E-state index contributed by atoms with van der Waals surface area (Å²) in [4.78, 5) is 19.9. The molecule has 3 aromatic heterocycles. The number of nitrogens with one attached hydrogen (secondary N) is 1. The summed E-state index contributed by atoms with van der Waals surface area (Å²) in [6.45, 7) is 7.18. The van der Waals surface area contributed by atoms with Crippen molar-refractivity contribution in [1.29, 1.82) is 0 Å². The molecule has 4 aromatic rings. The smallest absolute Gasteiger partial charge is 0.226 e. The van der Waals surface area contributed by atoms with Gasteiger partial charge in [0.2, 0.25) is 5.28 Å². The van der Waals surface area contributed by atoms with E-state index in [9.17, 15) is 0 Å². The van der Waals surface area contributed by atoms with Gasteiger partial charge in [-0.25, -0.2) is 4.98 Å². The van der Waals surface area contributed by atoms with Crippen LogP contribution in [0.25, 0.3) is 22.1 Å². The lowest BCUT2D eigenvalue weighted by molar-refractivity contribution is 0.741. The Hall–Kier alpha value is -2.64. The summed E-state index contributed by atoms with van der Waals surface area (Å²) in [5.41, 5.74) is 3.37. The van der Waals surface area contributed by atoms with Gasteiger partial charge in [-0.15, -0.1) is 0 Å². The van der Waals surface area contributed by atoms with E-state index >= 15 is 0 Å². The molecule has 0 amide bonds. The fourth-order valence-electron chi connectivity index (χ4n) is 3.40. The molecule has 0 saturated heterocycles. The average molecular weight is 430 g/mol. The van der Waals surface area contributed by atoms with Crippen LogP contribution in [0.15, 0.2) is 36.8 Å². The van der Waals surface area contributed by atoms with Crippen LogP contribution in [0.5, 0.6) is 0 Å². The molecule has 9 heteroatoms. The first-order chi connectivity index (χ1) is 14.1. The summed E-state index contributed by atoms with van der Waals surface area (Å²) in [6.07, 6.45) is 3.56. The predicted octanol–water partition coefficient (Wildman–Crippen LogP) is 4.64. The van der Waals surface area contributed by atoms with E-state index in [1.165, 1.54) is 0 Å². The molecule has 0 spiro atoms. The van der Waals surface area contributed by atoms with Crippen molar-refractivity contribution in [2.75, 3.05) is 29.9 Å². The molecule has 0 aliphatic rings. The lowest BCUT2D eigenvalue weighted by Crippen LogP contribution is -2.23. The van der Waals surface area contributed by atoms with Crippen molar-refractivity contribution in [1.82, 2.24) is 24.5 Å². The standard InChI is InChI=1S/C20H21Cl2N7/c1-3-28(4-2)18-17-19(27-20(22)26-18)29(12-25-17)10-9-24-15-7-8-23-16-11-13(21)5-6-14(15)16/h5-8,11-12H,3-4,9-10H2,1-2H3,(H,23,24). The zero-order valence-corrected chi connectivity index (χ0v) is 17.7. The number of halogens is 2. The van der Waals surface area contributed by atoms with Crippen LogP contribution in [-0.2, 0) is 6.54 Å². The molecule has 150 valence electrons. The van der Waals surface area contributed by atoms with Crippen LogP contribution in [-0.4, -0.2) is 44.1 Å². The first-order valence-electron chi connectivity index (χ1n) is 9.52. The SMILES string of the molecule is CCN(CC)c1nc(Cl)nc2c1ncn2CCNc1ccnc2cc(Cl)ccc12. The molecule has 0 aliphatic heterocycles. The van der Waals surface area contributed by atoms with E-state index in [0.29, 0.717) is 18.1 Å². The van der Waals surface area contributed by atoms with Crippen molar-refractivity contribution in [3.05, 3.63) is 47.1 Å². The minimum absolute atomic E-state index is 0.228. The van der Waals surface area contributed by atoms with Gasteiger partial charge in [-0.3, -0.25) is 4.98 Å². The molecule has 1 aromatic carbocycles. The topological polar surface area (TPSA) is 71.8 Å². The van der Waals surface area contributed by atoms with E-state index in [1.807, 2.05) is 28.8 Å². The highest BCUT2D eigenvalue weighted by atomic mass is 35.5. The van der Waals surface area contributed by atoms with Crippen molar-refractivity contribution in [2.24, 2.45) is 0 Å². The van der Waals surface area contributed by atoms with Gasteiger partial charge in [0, 0.05) is 48.5 Å². The van der Waals surface area contributed by atoms with Crippen LogP contribution in [0.2, 0.25) is 10.3 Å². The first-order valence-corrected chi connectivity index (χ1v) is 10.3. The maximum Gasteiger partial charge on any atom is 0.226 e. The molecule has 1 N–H and O–H groups in total. The van der Waals surface area contributed by atoms with Gasteiger partial charge in [-0.05, 0) is 49.7 Å². The molecule has 3 heterocycles. The van der Waals surface area contributed by atoms with Crippen molar-refractivity contribution >= 4 is 56.8 Å². The molecule has 7 nitrogen and oxygen atoms in total. The lowest BCUT2D eigenvalue weighted by Gasteiger charge is -2.19. The number of imidazole rings is 1. The molecule has 0 saturated carbocycles. The third kappa shape index (κ3) is 3.93. The Morgan fingerprint density at radius 2 is 1.90 bits per heavy atom. The Bertz CT molecular complexity index is 1150. The number of anilines is 2. The van der Waals surface area contributed by atoms with Gasteiger partial charge in [0.25, 0.3) is 0 Å². The number of hydrogen-bond donors (Lipinski definition) is 1. The first kappa shape index (κ1) is 19.7. The molecule has 0 aliphatic carbocycles. The summed E-state index contributed by atoms with van der Waals surface area (Å²) in [7, 11) is 0. The number of rotatable bonds is 7. The molecule has 0 fully saturated rings. The Kier molecular flexibility index (Phi) is 5.69. The van der Waals surface area contributed by atoms with E-state index in [-0.39, 0.29) is 5.28 Å². The summed E-state index contributed by atoms with van der Waals surface area (Å²) in [5.74, 6) is 0.772. The van der Waals surface area contributed by atoms with Crippen LogP contribution < -0.4 is 10.2 Å². The third-order valence-electron chi connectivity index (χ3n) is 4.85. The molecule has 29 heavy (non-hydrogen) atoms. The van der Waals surface area contributed by atoms with Gasteiger partial charge in [0.05, 0.1) is 11.8 Å². The molecule has 0 radical (unpaired) electrons. The van der Waals surface area contributed by atoms with E-state index in [2.05, 4.69) is 44.0 Å². The molecule has 0 atom stereocenters. The number of nitrogens with zero attached hydrogens (tertiary/aromatic N) is 6. The van der Waals surface area contributed by atoms with E-state index in [0.717, 1.165) is 46.7 Å². The van der Waals surface area contributed by atoms with E-state index < -0.39 is 0 Å². The highest BCUT2D eigenvalue weighted by molar-refractivity contribution is 6.31. The number of pyridine rings is 1. The van der Waals surface area contributed by atoms with Crippen molar-refractivity contribution < 1.29 is 0 Å². The van der Waals surface area contributed by atoms with Crippen molar-refractivity contribution in [3.8, 4) is 0 Å². The molecule has 0 unspecified atom stereocenters. The highest BCUT2D eigenvalue weighted by Gasteiger charge is 2.16. The fourth-order valence-corrected chi connectivity index (χ4v) is 3.72. The Morgan fingerprint density at radius 3 is 2.69 bits per heavy atom. The minimum Gasteiger partial charge on any atom is -0.383 e. The average Bonchev–Trinajstić information content (AvgIpc) is 3.11. The zero-order valence-electron chi connectivity index (χ0n) is 16.2. The van der Waals surface area contributed by atoms with Gasteiger partial charge >= 0.3 is 0 Å². The van der Waals surface area contributed by atoms with Gasteiger partial charge in [0.1, 0.15) is 0 Å². The molecule has 0 bridgehead atoms. The second kappa shape index (κ2) is 8.39. The largest absolute Gasteiger partial charge is 0.383 e. The van der Waals surface area contributed by atoms with Crippen LogP contribution in [0.3, 0.4) is 0 Å². The van der Waals surface area contributed by atoms with Crippen LogP contribution >= 0.6 is 23.2 Å².